The summed E-state index contributed by atoms with van der Waals surface area (Å²) in [6.45, 7) is 0. The normalized spacial score (nSPS) is 12.0. The Hall–Kier alpha value is -3.50. The van der Waals surface area contributed by atoms with Crippen LogP contribution in [0.4, 0.5) is 40.8 Å². The quantitative estimate of drug-likeness (QED) is 0.428. The van der Waals surface area contributed by atoms with Gasteiger partial charge in [-0.15, -0.1) is 0 Å². The highest BCUT2D eigenvalue weighted by Crippen LogP contribution is 2.37. The van der Waals surface area contributed by atoms with Crippen molar-refractivity contribution < 1.29 is 39.9 Å². The number of rotatable bonds is 3. The summed E-state index contributed by atoms with van der Waals surface area (Å²) in [6.07, 6.45) is -7.96. The van der Waals surface area contributed by atoms with Crippen molar-refractivity contribution in [2.45, 2.75) is 12.4 Å². The van der Waals surface area contributed by atoms with Gasteiger partial charge in [0.2, 0.25) is 0 Å². The molecule has 0 aliphatic carbocycles. The van der Waals surface area contributed by atoms with Crippen molar-refractivity contribution in [3.05, 3.63) is 83.2 Å². The van der Waals surface area contributed by atoms with Gasteiger partial charge < -0.3 is 4.90 Å². The predicted molar refractivity (Wildman–Crippen MR) is 98.8 cm³/mol. The van der Waals surface area contributed by atoms with Gasteiger partial charge in [-0.05, 0) is 36.4 Å². The van der Waals surface area contributed by atoms with E-state index in [9.17, 15) is 39.9 Å². The molecule has 0 radical (unpaired) electrons. The smallest absolute Gasteiger partial charge is 0.309 e. The number of nitrogens with zero attached hydrogens (tertiary/aromatic N) is 2. The van der Waals surface area contributed by atoms with Crippen LogP contribution in [0.15, 0.2) is 54.9 Å². The minimum Gasteiger partial charge on any atom is -0.309 e. The summed E-state index contributed by atoms with van der Waals surface area (Å²) in [6, 6.07) is 4.37. The number of pyridine rings is 1. The number of carbonyl (C=O) groups excluding carboxylic acids is 1. The summed E-state index contributed by atoms with van der Waals surface area (Å²) < 4.78 is 106. The van der Waals surface area contributed by atoms with Crippen molar-refractivity contribution in [3.63, 3.8) is 0 Å². The molecule has 0 aliphatic heterocycles. The third-order valence-corrected chi connectivity index (χ3v) is 4.52. The zero-order chi connectivity index (χ0) is 23.8. The molecule has 168 valence electrons. The number of benzene rings is 2. The summed E-state index contributed by atoms with van der Waals surface area (Å²) in [4.78, 5) is 17.4. The Balaban J connectivity index is 2.11. The van der Waals surface area contributed by atoms with Gasteiger partial charge in [-0.1, -0.05) is 0 Å². The summed E-state index contributed by atoms with van der Waals surface area (Å²) >= 11 is 0. The molecule has 3 rings (SSSR count). The fraction of sp³-hybridized carbons (Fsp3) is 0.143. The number of aromatic nitrogens is 1. The minimum absolute atomic E-state index is 0.0244. The van der Waals surface area contributed by atoms with Crippen LogP contribution in [-0.4, -0.2) is 17.9 Å². The molecule has 0 N–H and O–H groups in total. The average Bonchev–Trinajstić information content (AvgIpc) is 2.71. The Bertz CT molecular complexity index is 1140. The van der Waals surface area contributed by atoms with Crippen LogP contribution in [0, 0.1) is 11.6 Å². The Morgan fingerprint density at radius 2 is 1.44 bits per heavy atom. The van der Waals surface area contributed by atoms with Crippen molar-refractivity contribution >= 4 is 11.6 Å². The van der Waals surface area contributed by atoms with E-state index in [4.69, 9.17) is 0 Å². The van der Waals surface area contributed by atoms with Crippen LogP contribution in [0.5, 0.6) is 0 Å². The SMILES string of the molecule is CN(C(=O)c1cc(C(F)(F)F)cc(C(F)(F)F)c1)c1cnccc1-c1ccc(F)cc1F. The molecule has 1 heterocycles. The van der Waals surface area contributed by atoms with E-state index >= 15 is 0 Å². The molecule has 1 aromatic heterocycles. The van der Waals surface area contributed by atoms with Gasteiger partial charge in [0.25, 0.3) is 5.91 Å². The lowest BCUT2D eigenvalue weighted by molar-refractivity contribution is -0.143. The van der Waals surface area contributed by atoms with Crippen molar-refractivity contribution in [2.24, 2.45) is 0 Å². The van der Waals surface area contributed by atoms with Gasteiger partial charge in [-0.25, -0.2) is 8.78 Å². The monoisotopic (exact) mass is 460 g/mol. The van der Waals surface area contributed by atoms with E-state index in [-0.39, 0.29) is 22.9 Å². The molecule has 3 nitrogen and oxygen atoms in total. The lowest BCUT2D eigenvalue weighted by atomic mass is 10.0. The molecule has 11 heteroatoms. The number of carbonyl (C=O) groups is 1. The topological polar surface area (TPSA) is 33.2 Å². The highest BCUT2D eigenvalue weighted by molar-refractivity contribution is 6.07. The molecule has 0 saturated carbocycles. The maximum absolute atomic E-state index is 14.3. The average molecular weight is 460 g/mol. The number of hydrogen-bond donors (Lipinski definition) is 0. The molecular weight excluding hydrogens is 448 g/mol. The van der Waals surface area contributed by atoms with Crippen LogP contribution in [0.2, 0.25) is 0 Å². The Morgan fingerprint density at radius 3 is 1.97 bits per heavy atom. The summed E-state index contributed by atoms with van der Waals surface area (Å²) in [5.41, 5.74) is -4.43. The first kappa shape index (κ1) is 23.2. The lowest BCUT2D eigenvalue weighted by Crippen LogP contribution is -2.28. The first-order valence-electron chi connectivity index (χ1n) is 8.76. The number of hydrogen-bond acceptors (Lipinski definition) is 2. The molecule has 0 atom stereocenters. The van der Waals surface area contributed by atoms with Crippen LogP contribution in [-0.2, 0) is 12.4 Å². The van der Waals surface area contributed by atoms with Gasteiger partial charge in [0.1, 0.15) is 11.6 Å². The zero-order valence-electron chi connectivity index (χ0n) is 16.0. The van der Waals surface area contributed by atoms with Crippen LogP contribution >= 0.6 is 0 Å². The highest BCUT2D eigenvalue weighted by Gasteiger charge is 2.38. The first-order chi connectivity index (χ1) is 14.8. The zero-order valence-corrected chi connectivity index (χ0v) is 16.0. The molecule has 3 aromatic rings. The van der Waals surface area contributed by atoms with Crippen molar-refractivity contribution in [2.75, 3.05) is 11.9 Å². The van der Waals surface area contributed by atoms with Crippen molar-refractivity contribution in [1.82, 2.24) is 4.98 Å². The fourth-order valence-electron chi connectivity index (χ4n) is 2.97. The molecule has 0 fully saturated rings. The summed E-state index contributed by atoms with van der Waals surface area (Å²) in [5.74, 6) is -3.08. The molecule has 0 aliphatic rings. The molecular formula is C21H12F8N2O. The molecule has 0 unspecified atom stereocenters. The highest BCUT2D eigenvalue weighted by atomic mass is 19.4. The second-order valence-corrected chi connectivity index (χ2v) is 6.68. The molecule has 0 spiro atoms. The third-order valence-electron chi connectivity index (χ3n) is 4.52. The van der Waals surface area contributed by atoms with Gasteiger partial charge in [-0.2, -0.15) is 26.3 Å². The van der Waals surface area contributed by atoms with Gasteiger partial charge >= 0.3 is 12.4 Å². The van der Waals surface area contributed by atoms with E-state index < -0.39 is 46.6 Å². The molecule has 1 amide bonds. The molecule has 2 aromatic carbocycles. The van der Waals surface area contributed by atoms with Crippen LogP contribution in [0.1, 0.15) is 21.5 Å². The van der Waals surface area contributed by atoms with Crippen molar-refractivity contribution in [3.8, 4) is 11.1 Å². The number of amides is 1. The molecule has 0 bridgehead atoms. The van der Waals surface area contributed by atoms with Crippen LogP contribution in [0.3, 0.4) is 0 Å². The van der Waals surface area contributed by atoms with Crippen LogP contribution < -0.4 is 4.90 Å². The van der Waals surface area contributed by atoms with E-state index in [0.29, 0.717) is 18.2 Å². The predicted octanol–water partition coefficient (Wildman–Crippen LogP) is 6.34. The second kappa shape index (κ2) is 8.21. The van der Waals surface area contributed by atoms with E-state index in [1.807, 2.05) is 0 Å². The van der Waals surface area contributed by atoms with Gasteiger partial charge in [-0.3, -0.25) is 9.78 Å². The minimum atomic E-state index is -5.13. The van der Waals surface area contributed by atoms with E-state index in [1.54, 1.807) is 0 Å². The van der Waals surface area contributed by atoms with Crippen LogP contribution in [0.25, 0.3) is 11.1 Å². The Labute approximate surface area is 175 Å². The lowest BCUT2D eigenvalue weighted by Gasteiger charge is -2.22. The second-order valence-electron chi connectivity index (χ2n) is 6.68. The third kappa shape index (κ3) is 4.71. The standard InChI is InChI=1S/C21H12F8N2O/c1-31(18-10-30-5-4-16(18)15-3-2-14(22)9-17(15)23)19(32)11-6-12(20(24,25)26)8-13(7-11)21(27,28)29/h2-10H,1H3. The summed E-state index contributed by atoms with van der Waals surface area (Å²) in [7, 11) is 1.08. The molecule has 0 saturated heterocycles. The largest absolute Gasteiger partial charge is 0.416 e. The van der Waals surface area contributed by atoms with E-state index in [1.165, 1.54) is 12.3 Å². The molecule has 32 heavy (non-hydrogen) atoms. The van der Waals surface area contributed by atoms with Gasteiger partial charge in [0.15, 0.2) is 0 Å². The van der Waals surface area contributed by atoms with Crippen molar-refractivity contribution in [1.29, 1.82) is 0 Å². The number of alkyl halides is 6. The first-order valence-corrected chi connectivity index (χ1v) is 8.76. The van der Waals surface area contributed by atoms with E-state index in [0.717, 1.165) is 30.3 Å². The maximum atomic E-state index is 14.3. The van der Waals surface area contributed by atoms with Gasteiger partial charge in [0.05, 0.1) is 23.0 Å². The maximum Gasteiger partial charge on any atom is 0.416 e. The fourth-order valence-corrected chi connectivity index (χ4v) is 2.97. The summed E-state index contributed by atoms with van der Waals surface area (Å²) in [5, 5.41) is 0. The number of halogens is 8. The van der Waals surface area contributed by atoms with E-state index in [2.05, 4.69) is 4.98 Å². The van der Waals surface area contributed by atoms with Gasteiger partial charge in [0, 0.05) is 36.0 Å². The Morgan fingerprint density at radius 1 is 0.844 bits per heavy atom. The number of anilines is 1. The Kier molecular flexibility index (Phi) is 5.94.